The lowest BCUT2D eigenvalue weighted by molar-refractivity contribution is 0.444. The summed E-state index contributed by atoms with van der Waals surface area (Å²) in [6.07, 6.45) is 2.44. The van der Waals surface area contributed by atoms with Crippen LogP contribution in [0.15, 0.2) is 16.6 Å². The van der Waals surface area contributed by atoms with Gasteiger partial charge in [-0.25, -0.2) is 0 Å². The molecule has 0 bridgehead atoms. The maximum Gasteiger partial charge on any atom is 0.0526 e. The van der Waals surface area contributed by atoms with E-state index in [9.17, 15) is 0 Å². The second kappa shape index (κ2) is 4.35. The normalized spacial score (nSPS) is 15.2. The van der Waals surface area contributed by atoms with E-state index in [1.54, 1.807) is 0 Å². The van der Waals surface area contributed by atoms with Crippen molar-refractivity contribution in [2.45, 2.75) is 45.7 Å². The van der Waals surface area contributed by atoms with Crippen LogP contribution >= 0.6 is 15.9 Å². The third kappa shape index (κ3) is 1.86. The molecule has 3 heteroatoms. The predicted molar refractivity (Wildman–Crippen MR) is 84.8 cm³/mol. The highest BCUT2D eigenvalue weighted by Crippen LogP contribution is 2.38. The molecule has 3 rings (SSSR count). The Morgan fingerprint density at radius 2 is 2.05 bits per heavy atom. The van der Waals surface area contributed by atoms with E-state index in [4.69, 9.17) is 0 Å². The first-order valence-corrected chi connectivity index (χ1v) is 7.75. The first-order chi connectivity index (χ1) is 8.95. The molecule has 0 fully saturated rings. The number of aryl methyl sites for hydroxylation is 2. The van der Waals surface area contributed by atoms with Gasteiger partial charge in [0.05, 0.1) is 5.52 Å². The predicted octanol–water partition coefficient (Wildman–Crippen LogP) is 4.11. The molecule has 1 aliphatic rings. The van der Waals surface area contributed by atoms with Crippen LogP contribution in [0.25, 0.3) is 10.9 Å². The molecule has 1 aromatic heterocycles. The number of nitrogens with zero attached hydrogens (tertiary/aromatic N) is 1. The van der Waals surface area contributed by atoms with E-state index in [1.165, 1.54) is 45.0 Å². The standard InChI is InChI=1S/C16H21BrN2/c1-10-14(17)13-9-12(16(2,3)18-4)8-11-6-5-7-19(10)15(11)13/h8-9,18H,5-7H2,1-4H3. The number of hydrogen-bond donors (Lipinski definition) is 1. The number of rotatable bonds is 2. The van der Waals surface area contributed by atoms with Crippen LogP contribution in [0.3, 0.4) is 0 Å². The van der Waals surface area contributed by atoms with E-state index in [0.717, 1.165) is 6.54 Å². The van der Waals surface area contributed by atoms with Gasteiger partial charge in [0.1, 0.15) is 0 Å². The van der Waals surface area contributed by atoms with Gasteiger partial charge in [-0.1, -0.05) is 6.07 Å². The maximum absolute atomic E-state index is 3.79. The Bertz CT molecular complexity index is 653. The molecule has 0 radical (unpaired) electrons. The lowest BCUT2D eigenvalue weighted by atomic mass is 9.90. The van der Waals surface area contributed by atoms with Gasteiger partial charge in [0.2, 0.25) is 0 Å². The number of nitrogens with one attached hydrogen (secondary N) is 1. The highest BCUT2D eigenvalue weighted by Gasteiger charge is 2.24. The van der Waals surface area contributed by atoms with Crippen LogP contribution < -0.4 is 5.32 Å². The number of benzene rings is 1. The molecule has 0 saturated heterocycles. The summed E-state index contributed by atoms with van der Waals surface area (Å²) in [4.78, 5) is 0. The van der Waals surface area contributed by atoms with Crippen molar-refractivity contribution >= 4 is 26.8 Å². The molecule has 0 unspecified atom stereocenters. The molecule has 0 aliphatic carbocycles. The molecule has 0 atom stereocenters. The average Bonchev–Trinajstić information content (AvgIpc) is 2.66. The molecule has 2 aromatic rings. The molecule has 2 heterocycles. The Labute approximate surface area is 123 Å². The van der Waals surface area contributed by atoms with Crippen molar-refractivity contribution in [1.82, 2.24) is 9.88 Å². The minimum atomic E-state index is 0.0115. The van der Waals surface area contributed by atoms with Crippen LogP contribution in [0, 0.1) is 6.92 Å². The van der Waals surface area contributed by atoms with Crippen LogP contribution in [0.4, 0.5) is 0 Å². The summed E-state index contributed by atoms with van der Waals surface area (Å²) in [6.45, 7) is 7.83. The molecule has 2 nitrogen and oxygen atoms in total. The maximum atomic E-state index is 3.79. The zero-order valence-corrected chi connectivity index (χ0v) is 13.7. The Morgan fingerprint density at radius 3 is 2.74 bits per heavy atom. The average molecular weight is 321 g/mol. The zero-order chi connectivity index (χ0) is 13.8. The third-order valence-electron chi connectivity index (χ3n) is 4.59. The molecular weight excluding hydrogens is 300 g/mol. The molecule has 1 N–H and O–H groups in total. The fourth-order valence-corrected chi connectivity index (χ4v) is 3.58. The van der Waals surface area contributed by atoms with E-state index in [1.807, 2.05) is 7.05 Å². The quantitative estimate of drug-likeness (QED) is 0.881. The van der Waals surface area contributed by atoms with Crippen molar-refractivity contribution in [2.75, 3.05) is 7.05 Å². The van der Waals surface area contributed by atoms with Gasteiger partial charge in [-0.3, -0.25) is 0 Å². The third-order valence-corrected chi connectivity index (χ3v) is 5.59. The van der Waals surface area contributed by atoms with Gasteiger partial charge in [0.25, 0.3) is 0 Å². The van der Waals surface area contributed by atoms with Gasteiger partial charge in [-0.15, -0.1) is 0 Å². The highest BCUT2D eigenvalue weighted by molar-refractivity contribution is 9.10. The van der Waals surface area contributed by atoms with E-state index >= 15 is 0 Å². The summed E-state index contributed by atoms with van der Waals surface area (Å²) < 4.78 is 3.73. The summed E-state index contributed by atoms with van der Waals surface area (Å²) in [7, 11) is 2.03. The van der Waals surface area contributed by atoms with Gasteiger partial charge in [-0.05, 0) is 73.8 Å². The topological polar surface area (TPSA) is 17.0 Å². The lowest BCUT2D eigenvalue weighted by Crippen LogP contribution is -2.33. The second-order valence-corrected chi connectivity index (χ2v) is 6.85. The summed E-state index contributed by atoms with van der Waals surface area (Å²) in [6, 6.07) is 4.73. The van der Waals surface area contributed by atoms with Gasteiger partial charge in [0.15, 0.2) is 0 Å². The largest absolute Gasteiger partial charge is 0.343 e. The first-order valence-electron chi connectivity index (χ1n) is 6.96. The minimum Gasteiger partial charge on any atom is -0.343 e. The van der Waals surface area contributed by atoms with Crippen LogP contribution in [-0.2, 0) is 18.5 Å². The van der Waals surface area contributed by atoms with Crippen molar-refractivity contribution in [3.8, 4) is 0 Å². The van der Waals surface area contributed by atoms with E-state index in [2.05, 4.69) is 58.7 Å². The SMILES string of the molecule is CNC(C)(C)c1cc2c3c(c1)c(Br)c(C)n3CCC2. The molecule has 19 heavy (non-hydrogen) atoms. The molecule has 102 valence electrons. The minimum absolute atomic E-state index is 0.0115. The van der Waals surface area contributed by atoms with Crippen molar-refractivity contribution < 1.29 is 0 Å². The highest BCUT2D eigenvalue weighted by atomic mass is 79.9. The van der Waals surface area contributed by atoms with Crippen LogP contribution in [-0.4, -0.2) is 11.6 Å². The summed E-state index contributed by atoms with van der Waals surface area (Å²) in [5.41, 5.74) is 5.67. The number of aromatic nitrogens is 1. The Morgan fingerprint density at radius 1 is 1.32 bits per heavy atom. The van der Waals surface area contributed by atoms with Crippen LogP contribution in [0.1, 0.15) is 37.1 Å². The van der Waals surface area contributed by atoms with Gasteiger partial charge < -0.3 is 9.88 Å². The van der Waals surface area contributed by atoms with Crippen molar-refractivity contribution in [3.05, 3.63) is 33.4 Å². The van der Waals surface area contributed by atoms with E-state index in [0.29, 0.717) is 0 Å². The number of hydrogen-bond acceptors (Lipinski definition) is 1. The Balaban J connectivity index is 2.35. The Hall–Kier alpha value is -0.800. The van der Waals surface area contributed by atoms with Gasteiger partial charge in [-0.2, -0.15) is 0 Å². The monoisotopic (exact) mass is 320 g/mol. The van der Waals surface area contributed by atoms with Crippen molar-refractivity contribution in [3.63, 3.8) is 0 Å². The fourth-order valence-electron chi connectivity index (χ4n) is 3.06. The van der Waals surface area contributed by atoms with Gasteiger partial charge >= 0.3 is 0 Å². The summed E-state index contributed by atoms with van der Waals surface area (Å²) >= 11 is 3.79. The van der Waals surface area contributed by atoms with Crippen molar-refractivity contribution in [2.24, 2.45) is 0 Å². The van der Waals surface area contributed by atoms with E-state index in [-0.39, 0.29) is 5.54 Å². The number of halogens is 1. The summed E-state index contributed by atoms with van der Waals surface area (Å²) in [5, 5.41) is 4.78. The zero-order valence-electron chi connectivity index (χ0n) is 12.1. The second-order valence-electron chi connectivity index (χ2n) is 6.06. The Kier molecular flexibility index (Phi) is 3.02. The van der Waals surface area contributed by atoms with Crippen molar-refractivity contribution in [1.29, 1.82) is 0 Å². The van der Waals surface area contributed by atoms with Crippen LogP contribution in [0.5, 0.6) is 0 Å². The lowest BCUT2D eigenvalue weighted by Gasteiger charge is -2.27. The van der Waals surface area contributed by atoms with Crippen LogP contribution in [0.2, 0.25) is 0 Å². The summed E-state index contributed by atoms with van der Waals surface area (Å²) in [5.74, 6) is 0. The molecular formula is C16H21BrN2. The fraction of sp³-hybridized carbons (Fsp3) is 0.500. The molecule has 1 aliphatic heterocycles. The molecule has 1 aromatic carbocycles. The molecule has 0 amide bonds. The van der Waals surface area contributed by atoms with E-state index < -0.39 is 0 Å². The molecule has 0 saturated carbocycles. The molecule has 0 spiro atoms. The smallest absolute Gasteiger partial charge is 0.0526 e. The van der Waals surface area contributed by atoms with Gasteiger partial charge in [0, 0.05) is 27.6 Å². The first kappa shape index (κ1) is 13.2.